The molecule has 0 bridgehead atoms. The standard InChI is InChI=1S/C19H25NO4/c1-2-14-6-8-16(9-7-14)20-12-15(11-18(20)21)19(22)24-13-17-5-3-4-10-23-17/h6-9,15,17H,2-5,10-13H2,1H3. The quantitative estimate of drug-likeness (QED) is 0.779. The van der Waals surface area contributed by atoms with Crippen molar-refractivity contribution in [2.75, 3.05) is 24.7 Å². The largest absolute Gasteiger partial charge is 0.463 e. The summed E-state index contributed by atoms with van der Waals surface area (Å²) in [4.78, 5) is 26.2. The fourth-order valence-corrected chi connectivity index (χ4v) is 3.26. The van der Waals surface area contributed by atoms with Gasteiger partial charge in [0, 0.05) is 25.3 Å². The highest BCUT2D eigenvalue weighted by atomic mass is 16.6. The molecule has 1 aromatic rings. The Hall–Kier alpha value is -1.88. The lowest BCUT2D eigenvalue weighted by Crippen LogP contribution is -2.29. The number of carbonyl (C=O) groups excluding carboxylic acids is 2. The second kappa shape index (κ2) is 7.79. The summed E-state index contributed by atoms with van der Waals surface area (Å²) in [6.45, 7) is 3.53. The zero-order valence-corrected chi connectivity index (χ0v) is 14.2. The third-order valence-electron chi connectivity index (χ3n) is 4.80. The predicted molar refractivity (Wildman–Crippen MR) is 90.8 cm³/mol. The average molecular weight is 331 g/mol. The number of anilines is 1. The molecular weight excluding hydrogens is 306 g/mol. The van der Waals surface area contributed by atoms with Crippen molar-refractivity contribution in [3.63, 3.8) is 0 Å². The van der Waals surface area contributed by atoms with Crippen LogP contribution in [0.15, 0.2) is 24.3 Å². The fraction of sp³-hybridized carbons (Fsp3) is 0.579. The van der Waals surface area contributed by atoms with Gasteiger partial charge in [-0.2, -0.15) is 0 Å². The van der Waals surface area contributed by atoms with Crippen molar-refractivity contribution in [2.45, 2.75) is 45.1 Å². The van der Waals surface area contributed by atoms with Gasteiger partial charge in [-0.25, -0.2) is 0 Å². The van der Waals surface area contributed by atoms with Gasteiger partial charge in [0.15, 0.2) is 0 Å². The Bertz CT molecular complexity index is 578. The van der Waals surface area contributed by atoms with E-state index in [-0.39, 0.29) is 30.3 Å². The van der Waals surface area contributed by atoms with Crippen molar-refractivity contribution >= 4 is 17.6 Å². The van der Waals surface area contributed by atoms with Crippen LogP contribution in [0, 0.1) is 5.92 Å². The van der Waals surface area contributed by atoms with E-state index in [2.05, 4.69) is 6.92 Å². The molecular formula is C19H25NO4. The average Bonchev–Trinajstić information content (AvgIpc) is 3.02. The van der Waals surface area contributed by atoms with Crippen LogP contribution in [-0.2, 0) is 25.5 Å². The molecule has 0 saturated carbocycles. The molecule has 1 aromatic carbocycles. The molecule has 2 saturated heterocycles. The van der Waals surface area contributed by atoms with Crippen molar-refractivity contribution in [2.24, 2.45) is 5.92 Å². The van der Waals surface area contributed by atoms with Gasteiger partial charge < -0.3 is 14.4 Å². The van der Waals surface area contributed by atoms with Crippen LogP contribution in [0.5, 0.6) is 0 Å². The Balaban J connectivity index is 1.54. The Labute approximate surface area is 142 Å². The second-order valence-electron chi connectivity index (χ2n) is 6.54. The molecule has 2 fully saturated rings. The van der Waals surface area contributed by atoms with Crippen molar-refractivity contribution in [1.82, 2.24) is 0 Å². The first-order valence-corrected chi connectivity index (χ1v) is 8.85. The monoisotopic (exact) mass is 331 g/mol. The number of ether oxygens (including phenoxy) is 2. The van der Waals surface area contributed by atoms with Crippen LogP contribution in [0.3, 0.4) is 0 Å². The minimum absolute atomic E-state index is 0.0116. The number of carbonyl (C=O) groups is 2. The van der Waals surface area contributed by atoms with Crippen molar-refractivity contribution in [1.29, 1.82) is 0 Å². The molecule has 1 amide bonds. The maximum atomic E-state index is 12.3. The van der Waals surface area contributed by atoms with Crippen LogP contribution >= 0.6 is 0 Å². The van der Waals surface area contributed by atoms with Crippen LogP contribution in [-0.4, -0.2) is 37.7 Å². The number of benzene rings is 1. The van der Waals surface area contributed by atoms with E-state index in [9.17, 15) is 9.59 Å². The SMILES string of the molecule is CCc1ccc(N2CC(C(=O)OCC3CCCCO3)CC2=O)cc1. The smallest absolute Gasteiger partial charge is 0.311 e. The van der Waals surface area contributed by atoms with E-state index in [1.807, 2.05) is 24.3 Å². The number of hydrogen-bond acceptors (Lipinski definition) is 4. The fourth-order valence-electron chi connectivity index (χ4n) is 3.26. The van der Waals surface area contributed by atoms with Crippen molar-refractivity contribution in [3.8, 4) is 0 Å². The predicted octanol–water partition coefficient (Wildman–Crippen LogP) is 2.71. The molecule has 130 valence electrons. The molecule has 2 aliphatic rings. The van der Waals surface area contributed by atoms with Crippen molar-refractivity contribution in [3.05, 3.63) is 29.8 Å². The Morgan fingerprint density at radius 1 is 1.29 bits per heavy atom. The van der Waals surface area contributed by atoms with Gasteiger partial charge in [-0.3, -0.25) is 9.59 Å². The summed E-state index contributed by atoms with van der Waals surface area (Å²) in [5.74, 6) is -0.688. The van der Waals surface area contributed by atoms with Gasteiger partial charge in [-0.1, -0.05) is 19.1 Å². The molecule has 0 N–H and O–H groups in total. The molecule has 2 atom stereocenters. The summed E-state index contributed by atoms with van der Waals surface area (Å²) in [5.41, 5.74) is 2.08. The highest BCUT2D eigenvalue weighted by Gasteiger charge is 2.36. The van der Waals surface area contributed by atoms with E-state index in [4.69, 9.17) is 9.47 Å². The normalized spacial score (nSPS) is 24.2. The first-order chi connectivity index (χ1) is 11.7. The van der Waals surface area contributed by atoms with Crippen LogP contribution in [0.1, 0.15) is 38.2 Å². The molecule has 5 heteroatoms. The Kier molecular flexibility index (Phi) is 5.51. The minimum Gasteiger partial charge on any atom is -0.463 e. The maximum Gasteiger partial charge on any atom is 0.311 e. The lowest BCUT2D eigenvalue weighted by Gasteiger charge is -2.22. The topological polar surface area (TPSA) is 55.8 Å². The van der Waals surface area contributed by atoms with Crippen LogP contribution in [0.25, 0.3) is 0 Å². The highest BCUT2D eigenvalue weighted by Crippen LogP contribution is 2.26. The molecule has 0 radical (unpaired) electrons. The molecule has 5 nitrogen and oxygen atoms in total. The summed E-state index contributed by atoms with van der Waals surface area (Å²) in [6, 6.07) is 7.93. The van der Waals surface area contributed by atoms with E-state index in [0.29, 0.717) is 13.2 Å². The Morgan fingerprint density at radius 3 is 2.75 bits per heavy atom. The van der Waals surface area contributed by atoms with Crippen LogP contribution in [0.4, 0.5) is 5.69 Å². The van der Waals surface area contributed by atoms with Crippen LogP contribution in [0.2, 0.25) is 0 Å². The van der Waals surface area contributed by atoms with Crippen LogP contribution < -0.4 is 4.90 Å². The van der Waals surface area contributed by atoms with E-state index in [0.717, 1.165) is 38.0 Å². The van der Waals surface area contributed by atoms with E-state index in [1.54, 1.807) is 4.90 Å². The van der Waals surface area contributed by atoms with Gasteiger partial charge in [0.2, 0.25) is 5.91 Å². The molecule has 0 spiro atoms. The van der Waals surface area contributed by atoms with Gasteiger partial charge in [0.05, 0.1) is 12.0 Å². The number of rotatable bonds is 5. The van der Waals surface area contributed by atoms with Gasteiger partial charge in [0.25, 0.3) is 0 Å². The van der Waals surface area contributed by atoms with Gasteiger partial charge in [-0.05, 0) is 43.4 Å². The zero-order valence-electron chi connectivity index (χ0n) is 14.2. The molecule has 24 heavy (non-hydrogen) atoms. The third kappa shape index (κ3) is 3.96. The zero-order chi connectivity index (χ0) is 16.9. The molecule has 2 unspecified atom stereocenters. The molecule has 0 aliphatic carbocycles. The first kappa shape index (κ1) is 17.0. The van der Waals surface area contributed by atoms with Gasteiger partial charge in [0.1, 0.15) is 6.61 Å². The van der Waals surface area contributed by atoms with E-state index in [1.165, 1.54) is 5.56 Å². The molecule has 0 aromatic heterocycles. The van der Waals surface area contributed by atoms with Gasteiger partial charge in [-0.15, -0.1) is 0 Å². The molecule has 2 aliphatic heterocycles. The van der Waals surface area contributed by atoms with E-state index >= 15 is 0 Å². The van der Waals surface area contributed by atoms with Gasteiger partial charge >= 0.3 is 5.97 Å². The minimum atomic E-state index is -0.382. The molecule has 3 rings (SSSR count). The number of aryl methyl sites for hydroxylation is 1. The second-order valence-corrected chi connectivity index (χ2v) is 6.54. The summed E-state index contributed by atoms with van der Waals surface area (Å²) in [5, 5.41) is 0. The lowest BCUT2D eigenvalue weighted by molar-refractivity contribution is -0.153. The lowest BCUT2D eigenvalue weighted by atomic mass is 10.1. The maximum absolute atomic E-state index is 12.3. The summed E-state index contributed by atoms with van der Waals surface area (Å²) < 4.78 is 11.0. The third-order valence-corrected chi connectivity index (χ3v) is 4.80. The first-order valence-electron chi connectivity index (χ1n) is 8.85. The summed E-state index contributed by atoms with van der Waals surface area (Å²) >= 11 is 0. The Morgan fingerprint density at radius 2 is 2.08 bits per heavy atom. The number of esters is 1. The molecule has 2 heterocycles. The number of nitrogens with zero attached hydrogens (tertiary/aromatic N) is 1. The summed E-state index contributed by atoms with van der Waals surface area (Å²) in [7, 11) is 0. The highest BCUT2D eigenvalue weighted by molar-refractivity contribution is 5.99. The van der Waals surface area contributed by atoms with E-state index < -0.39 is 0 Å². The summed E-state index contributed by atoms with van der Waals surface area (Å²) in [6.07, 6.45) is 4.33. The van der Waals surface area contributed by atoms with Crippen molar-refractivity contribution < 1.29 is 19.1 Å². The number of hydrogen-bond donors (Lipinski definition) is 0. The number of amides is 1.